The van der Waals surface area contributed by atoms with Crippen molar-refractivity contribution in [1.82, 2.24) is 0 Å². The van der Waals surface area contributed by atoms with Crippen molar-refractivity contribution >= 4 is 17.1 Å². The van der Waals surface area contributed by atoms with E-state index in [1.807, 2.05) is 27.0 Å². The third-order valence-electron chi connectivity index (χ3n) is 3.01. The lowest BCUT2D eigenvalue weighted by Gasteiger charge is -2.12. The average molecular weight is 252 g/mol. The topological polar surface area (TPSA) is 24.4 Å². The number of aliphatic imine (C=N–C) groups is 1. The SMILES string of the molecule is CNc1cc(-c2ccccc2)cc(C)c1N=C(C)C. The molecule has 0 aromatic heterocycles. The van der Waals surface area contributed by atoms with E-state index in [-0.39, 0.29) is 0 Å². The minimum atomic E-state index is 1.03. The fourth-order valence-corrected chi connectivity index (χ4v) is 2.14. The molecular weight excluding hydrogens is 232 g/mol. The van der Waals surface area contributed by atoms with Gasteiger partial charge >= 0.3 is 0 Å². The summed E-state index contributed by atoms with van der Waals surface area (Å²) in [5, 5.41) is 3.24. The van der Waals surface area contributed by atoms with Crippen LogP contribution in [-0.2, 0) is 0 Å². The van der Waals surface area contributed by atoms with Crippen molar-refractivity contribution in [3.63, 3.8) is 0 Å². The van der Waals surface area contributed by atoms with Gasteiger partial charge in [-0.2, -0.15) is 0 Å². The molecule has 2 aromatic rings. The molecule has 0 saturated heterocycles. The Morgan fingerprint density at radius 3 is 2.26 bits per heavy atom. The third-order valence-corrected chi connectivity index (χ3v) is 3.01. The summed E-state index contributed by atoms with van der Waals surface area (Å²) in [6, 6.07) is 14.8. The van der Waals surface area contributed by atoms with E-state index in [0.29, 0.717) is 0 Å². The van der Waals surface area contributed by atoms with E-state index >= 15 is 0 Å². The van der Waals surface area contributed by atoms with Gasteiger partial charge < -0.3 is 5.32 Å². The Morgan fingerprint density at radius 2 is 1.68 bits per heavy atom. The summed E-state index contributed by atoms with van der Waals surface area (Å²) >= 11 is 0. The van der Waals surface area contributed by atoms with Crippen LogP contribution in [0, 0.1) is 6.92 Å². The van der Waals surface area contributed by atoms with Gasteiger partial charge in [0.25, 0.3) is 0 Å². The summed E-state index contributed by atoms with van der Waals surface area (Å²) in [6.07, 6.45) is 0. The molecule has 98 valence electrons. The van der Waals surface area contributed by atoms with E-state index in [1.165, 1.54) is 16.7 Å². The maximum atomic E-state index is 4.62. The second-order valence-corrected chi connectivity index (χ2v) is 4.86. The van der Waals surface area contributed by atoms with E-state index in [9.17, 15) is 0 Å². The second kappa shape index (κ2) is 5.70. The van der Waals surface area contributed by atoms with Crippen LogP contribution in [0.2, 0.25) is 0 Å². The standard InChI is InChI=1S/C17H20N2/c1-12(2)19-17-13(3)10-15(11-16(17)18-4)14-8-6-5-7-9-14/h5-11,18H,1-4H3. The fourth-order valence-electron chi connectivity index (χ4n) is 2.14. The number of anilines is 1. The summed E-state index contributed by atoms with van der Waals surface area (Å²) in [7, 11) is 1.94. The summed E-state index contributed by atoms with van der Waals surface area (Å²) in [5.74, 6) is 0. The highest BCUT2D eigenvalue weighted by atomic mass is 14.9. The Balaban J connectivity index is 2.57. The minimum absolute atomic E-state index is 1.03. The van der Waals surface area contributed by atoms with Gasteiger partial charge in [0.05, 0.1) is 11.4 Å². The molecule has 0 radical (unpaired) electrons. The van der Waals surface area contributed by atoms with Crippen LogP contribution in [0.3, 0.4) is 0 Å². The quantitative estimate of drug-likeness (QED) is 0.778. The van der Waals surface area contributed by atoms with Gasteiger partial charge in [-0.3, -0.25) is 4.99 Å². The molecule has 0 unspecified atom stereocenters. The Morgan fingerprint density at radius 1 is 1.00 bits per heavy atom. The molecule has 2 rings (SSSR count). The molecule has 2 aromatic carbocycles. The van der Waals surface area contributed by atoms with Crippen LogP contribution in [0.15, 0.2) is 47.5 Å². The molecule has 0 atom stereocenters. The summed E-state index contributed by atoms with van der Waals surface area (Å²) in [6.45, 7) is 6.14. The lowest BCUT2D eigenvalue weighted by Crippen LogP contribution is -1.93. The van der Waals surface area contributed by atoms with Crippen LogP contribution >= 0.6 is 0 Å². The molecule has 1 N–H and O–H groups in total. The highest BCUT2D eigenvalue weighted by Gasteiger charge is 2.07. The molecule has 19 heavy (non-hydrogen) atoms. The van der Waals surface area contributed by atoms with E-state index < -0.39 is 0 Å². The smallest absolute Gasteiger partial charge is 0.0889 e. The molecule has 0 spiro atoms. The average Bonchev–Trinajstić information content (AvgIpc) is 2.41. The Kier molecular flexibility index (Phi) is 4.00. The van der Waals surface area contributed by atoms with Crippen molar-refractivity contribution in [2.45, 2.75) is 20.8 Å². The molecule has 0 fully saturated rings. The minimum Gasteiger partial charge on any atom is -0.386 e. The van der Waals surface area contributed by atoms with Gasteiger partial charge in [0, 0.05) is 12.8 Å². The van der Waals surface area contributed by atoms with Crippen LogP contribution in [0.5, 0.6) is 0 Å². The van der Waals surface area contributed by atoms with Gasteiger partial charge in [-0.1, -0.05) is 30.3 Å². The van der Waals surface area contributed by atoms with Crippen molar-refractivity contribution in [2.75, 3.05) is 12.4 Å². The van der Waals surface area contributed by atoms with Gasteiger partial charge in [-0.15, -0.1) is 0 Å². The first-order chi connectivity index (χ1) is 9.11. The molecular formula is C17H20N2. The van der Waals surface area contributed by atoms with E-state index in [2.05, 4.69) is 53.6 Å². The summed E-state index contributed by atoms with van der Waals surface area (Å²) in [4.78, 5) is 4.62. The Labute approximate surface area is 115 Å². The monoisotopic (exact) mass is 252 g/mol. The molecule has 2 heteroatoms. The van der Waals surface area contributed by atoms with Gasteiger partial charge in [0.2, 0.25) is 0 Å². The first kappa shape index (κ1) is 13.3. The number of benzene rings is 2. The van der Waals surface area contributed by atoms with Gasteiger partial charge in [-0.25, -0.2) is 0 Å². The highest BCUT2D eigenvalue weighted by molar-refractivity contribution is 5.87. The van der Waals surface area contributed by atoms with Gasteiger partial charge in [-0.05, 0) is 49.6 Å². The van der Waals surface area contributed by atoms with E-state index in [1.54, 1.807) is 0 Å². The summed E-state index contributed by atoms with van der Waals surface area (Å²) < 4.78 is 0. The van der Waals surface area contributed by atoms with Crippen molar-refractivity contribution < 1.29 is 0 Å². The largest absolute Gasteiger partial charge is 0.386 e. The van der Waals surface area contributed by atoms with Crippen LogP contribution in [0.1, 0.15) is 19.4 Å². The highest BCUT2D eigenvalue weighted by Crippen LogP contribution is 2.34. The summed E-state index contributed by atoms with van der Waals surface area (Å²) in [5.41, 5.74) is 6.79. The lowest BCUT2D eigenvalue weighted by atomic mass is 10.0. The van der Waals surface area contributed by atoms with E-state index in [0.717, 1.165) is 17.1 Å². The van der Waals surface area contributed by atoms with E-state index in [4.69, 9.17) is 0 Å². The van der Waals surface area contributed by atoms with Gasteiger partial charge in [0.1, 0.15) is 0 Å². The fraction of sp³-hybridized carbons (Fsp3) is 0.235. The first-order valence-corrected chi connectivity index (χ1v) is 6.51. The maximum absolute atomic E-state index is 4.62. The number of aryl methyl sites for hydroxylation is 1. The van der Waals surface area contributed by atoms with Crippen LogP contribution in [-0.4, -0.2) is 12.8 Å². The predicted molar refractivity (Wildman–Crippen MR) is 84.6 cm³/mol. The number of nitrogens with one attached hydrogen (secondary N) is 1. The molecule has 0 aliphatic carbocycles. The third kappa shape index (κ3) is 3.02. The predicted octanol–water partition coefficient (Wildman–Crippen LogP) is 4.82. The Bertz CT molecular complexity index is 594. The number of hydrogen-bond donors (Lipinski definition) is 1. The number of nitrogens with zero attached hydrogens (tertiary/aromatic N) is 1. The maximum Gasteiger partial charge on any atom is 0.0889 e. The lowest BCUT2D eigenvalue weighted by molar-refractivity contribution is 1.36. The van der Waals surface area contributed by atoms with Crippen molar-refractivity contribution in [2.24, 2.45) is 4.99 Å². The Hall–Kier alpha value is -2.09. The number of hydrogen-bond acceptors (Lipinski definition) is 2. The normalized spacial score (nSPS) is 10.1. The van der Waals surface area contributed by atoms with Crippen molar-refractivity contribution in [3.05, 3.63) is 48.0 Å². The molecule has 2 nitrogen and oxygen atoms in total. The molecule has 0 saturated carbocycles. The molecule has 0 amide bonds. The van der Waals surface area contributed by atoms with Crippen molar-refractivity contribution in [1.29, 1.82) is 0 Å². The molecule has 0 heterocycles. The van der Waals surface area contributed by atoms with Crippen LogP contribution in [0.25, 0.3) is 11.1 Å². The zero-order chi connectivity index (χ0) is 13.8. The molecule has 0 aliphatic heterocycles. The van der Waals surface area contributed by atoms with Gasteiger partial charge in [0.15, 0.2) is 0 Å². The molecule has 0 bridgehead atoms. The second-order valence-electron chi connectivity index (χ2n) is 4.86. The zero-order valence-corrected chi connectivity index (χ0v) is 12.0. The van der Waals surface area contributed by atoms with Crippen molar-refractivity contribution in [3.8, 4) is 11.1 Å². The zero-order valence-electron chi connectivity index (χ0n) is 12.0. The van der Waals surface area contributed by atoms with Crippen LogP contribution < -0.4 is 5.32 Å². The first-order valence-electron chi connectivity index (χ1n) is 6.51. The molecule has 0 aliphatic rings. The number of rotatable bonds is 3. The van der Waals surface area contributed by atoms with Crippen LogP contribution in [0.4, 0.5) is 11.4 Å².